The molecule has 0 saturated carbocycles. The molecule has 1 N–H and O–H groups in total. The van der Waals surface area contributed by atoms with Gasteiger partial charge in [0.2, 0.25) is 0 Å². The van der Waals surface area contributed by atoms with Gasteiger partial charge in [-0.25, -0.2) is 10.2 Å². The Bertz CT molecular complexity index is 1410. The number of esters is 1. The maximum Gasteiger partial charge on any atom is 0.343 e. The maximum atomic E-state index is 12.6. The van der Waals surface area contributed by atoms with Crippen molar-refractivity contribution in [3.8, 4) is 11.5 Å². The van der Waals surface area contributed by atoms with E-state index in [9.17, 15) is 9.59 Å². The summed E-state index contributed by atoms with van der Waals surface area (Å²) in [5, 5.41) is 6.00. The zero-order valence-electron chi connectivity index (χ0n) is 19.2. The molecule has 0 heterocycles. The zero-order valence-corrected chi connectivity index (χ0v) is 20.8. The number of rotatable bonds is 7. The number of hydrogen-bond donors (Lipinski definition) is 1. The first-order valence-electron chi connectivity index (χ1n) is 11.0. The second kappa shape index (κ2) is 11.0. The summed E-state index contributed by atoms with van der Waals surface area (Å²) in [5.41, 5.74) is 4.41. The Hall–Kier alpha value is -3.97. The largest absolute Gasteiger partial charge is 0.480 e. The lowest BCUT2D eigenvalue weighted by atomic mass is 10.1. The van der Waals surface area contributed by atoms with Gasteiger partial charge in [-0.05, 0) is 55.6 Å². The SMILES string of the molecule is Cc1cccc(C(=O)Oc2ccc(Br)cc2C=NNC(=O)C(C)Oc2cccc3ccccc23)c1. The van der Waals surface area contributed by atoms with E-state index in [2.05, 4.69) is 26.5 Å². The third-order valence-electron chi connectivity index (χ3n) is 5.23. The van der Waals surface area contributed by atoms with Crippen molar-refractivity contribution in [2.24, 2.45) is 5.10 Å². The predicted molar refractivity (Wildman–Crippen MR) is 140 cm³/mol. The first-order valence-corrected chi connectivity index (χ1v) is 11.8. The van der Waals surface area contributed by atoms with Crippen LogP contribution in [-0.4, -0.2) is 24.2 Å². The van der Waals surface area contributed by atoms with Gasteiger partial charge in [0.05, 0.1) is 11.8 Å². The van der Waals surface area contributed by atoms with Crippen molar-refractivity contribution in [3.63, 3.8) is 0 Å². The van der Waals surface area contributed by atoms with Gasteiger partial charge in [0, 0.05) is 15.4 Å². The highest BCUT2D eigenvalue weighted by Crippen LogP contribution is 2.26. The van der Waals surface area contributed by atoms with Crippen molar-refractivity contribution in [1.29, 1.82) is 0 Å². The third kappa shape index (κ3) is 6.13. The van der Waals surface area contributed by atoms with Crippen LogP contribution in [0, 0.1) is 6.92 Å². The van der Waals surface area contributed by atoms with Gasteiger partial charge in [0.15, 0.2) is 6.10 Å². The van der Waals surface area contributed by atoms with Gasteiger partial charge < -0.3 is 9.47 Å². The molecule has 4 aromatic rings. The Balaban J connectivity index is 1.43. The normalized spacial score (nSPS) is 11.9. The lowest BCUT2D eigenvalue weighted by Gasteiger charge is -2.14. The number of nitrogens with zero attached hydrogens (tertiary/aromatic N) is 1. The highest BCUT2D eigenvalue weighted by Gasteiger charge is 2.16. The topological polar surface area (TPSA) is 77.0 Å². The minimum atomic E-state index is -0.779. The van der Waals surface area contributed by atoms with Gasteiger partial charge in [-0.15, -0.1) is 0 Å². The monoisotopic (exact) mass is 530 g/mol. The molecular weight excluding hydrogens is 508 g/mol. The number of amides is 1. The highest BCUT2D eigenvalue weighted by molar-refractivity contribution is 9.10. The number of benzene rings is 4. The van der Waals surface area contributed by atoms with Crippen LogP contribution in [0.25, 0.3) is 10.8 Å². The molecule has 0 aromatic heterocycles. The van der Waals surface area contributed by atoms with Crippen LogP contribution < -0.4 is 14.9 Å². The standard InChI is InChI=1S/C28H23BrN2O4/c1-18-7-5-10-21(15-18)28(33)35-25-14-13-23(29)16-22(25)17-30-31-27(32)19(2)34-26-12-6-9-20-8-3-4-11-24(20)26/h3-17,19H,1-2H3,(H,31,32). The van der Waals surface area contributed by atoms with E-state index in [1.807, 2.05) is 55.5 Å². The van der Waals surface area contributed by atoms with E-state index in [-0.39, 0.29) is 0 Å². The number of ether oxygens (including phenoxy) is 2. The van der Waals surface area contributed by atoms with E-state index in [4.69, 9.17) is 9.47 Å². The number of hydrazone groups is 1. The summed E-state index contributed by atoms with van der Waals surface area (Å²) in [6.45, 7) is 3.56. The average Bonchev–Trinajstić information content (AvgIpc) is 2.85. The van der Waals surface area contributed by atoms with E-state index < -0.39 is 18.0 Å². The van der Waals surface area contributed by atoms with E-state index >= 15 is 0 Å². The van der Waals surface area contributed by atoms with Crippen molar-refractivity contribution in [2.45, 2.75) is 20.0 Å². The van der Waals surface area contributed by atoms with Gasteiger partial charge in [0.25, 0.3) is 5.91 Å². The first-order chi connectivity index (χ1) is 16.9. The van der Waals surface area contributed by atoms with Crippen molar-refractivity contribution in [2.75, 3.05) is 0 Å². The molecule has 1 unspecified atom stereocenters. The maximum absolute atomic E-state index is 12.6. The van der Waals surface area contributed by atoms with Gasteiger partial charge in [-0.2, -0.15) is 5.10 Å². The zero-order chi connectivity index (χ0) is 24.8. The molecule has 0 bridgehead atoms. The van der Waals surface area contributed by atoms with Crippen LogP contribution in [0.2, 0.25) is 0 Å². The fourth-order valence-electron chi connectivity index (χ4n) is 3.44. The first kappa shape index (κ1) is 24.2. The molecule has 176 valence electrons. The third-order valence-corrected chi connectivity index (χ3v) is 5.72. The molecule has 7 heteroatoms. The Labute approximate surface area is 211 Å². The summed E-state index contributed by atoms with van der Waals surface area (Å²) >= 11 is 3.41. The number of carbonyl (C=O) groups is 2. The molecule has 0 aliphatic carbocycles. The summed E-state index contributed by atoms with van der Waals surface area (Å²) < 4.78 is 12.2. The summed E-state index contributed by atoms with van der Waals surface area (Å²) in [6.07, 6.45) is 0.644. The average molecular weight is 531 g/mol. The number of fused-ring (bicyclic) bond motifs is 1. The molecule has 0 radical (unpaired) electrons. The second-order valence-electron chi connectivity index (χ2n) is 7.91. The van der Waals surface area contributed by atoms with Crippen LogP contribution in [0.3, 0.4) is 0 Å². The smallest absolute Gasteiger partial charge is 0.343 e. The van der Waals surface area contributed by atoms with Crippen LogP contribution in [0.15, 0.2) is 94.5 Å². The Morgan fingerprint density at radius 3 is 2.54 bits per heavy atom. The number of nitrogens with one attached hydrogen (secondary N) is 1. The number of carbonyl (C=O) groups excluding carboxylic acids is 2. The molecule has 1 atom stereocenters. The fraction of sp³-hybridized carbons (Fsp3) is 0.107. The van der Waals surface area contributed by atoms with Crippen molar-refractivity contribution < 1.29 is 19.1 Å². The lowest BCUT2D eigenvalue weighted by Crippen LogP contribution is -2.33. The van der Waals surface area contributed by atoms with Crippen LogP contribution >= 0.6 is 15.9 Å². The van der Waals surface area contributed by atoms with Gasteiger partial charge in [-0.3, -0.25) is 4.79 Å². The van der Waals surface area contributed by atoms with Crippen LogP contribution in [-0.2, 0) is 4.79 Å². The Kier molecular flexibility index (Phi) is 7.57. The summed E-state index contributed by atoms with van der Waals surface area (Å²) in [6, 6.07) is 25.8. The molecular formula is C28H23BrN2O4. The van der Waals surface area contributed by atoms with Crippen molar-refractivity contribution in [1.82, 2.24) is 5.43 Å². The lowest BCUT2D eigenvalue weighted by molar-refractivity contribution is -0.127. The van der Waals surface area contributed by atoms with Crippen LogP contribution in [0.1, 0.15) is 28.4 Å². The highest BCUT2D eigenvalue weighted by atomic mass is 79.9. The predicted octanol–water partition coefficient (Wildman–Crippen LogP) is 6.05. The van der Waals surface area contributed by atoms with E-state index in [1.165, 1.54) is 6.21 Å². The van der Waals surface area contributed by atoms with E-state index in [0.29, 0.717) is 22.6 Å². The van der Waals surface area contributed by atoms with E-state index in [0.717, 1.165) is 20.8 Å². The molecule has 6 nitrogen and oxygen atoms in total. The van der Waals surface area contributed by atoms with Crippen LogP contribution in [0.5, 0.6) is 11.5 Å². The molecule has 0 fully saturated rings. The van der Waals surface area contributed by atoms with Crippen molar-refractivity contribution in [3.05, 3.63) is 106 Å². The minimum Gasteiger partial charge on any atom is -0.480 e. The van der Waals surface area contributed by atoms with Crippen molar-refractivity contribution >= 4 is 44.8 Å². The molecule has 4 rings (SSSR count). The molecule has 0 saturated heterocycles. The van der Waals surface area contributed by atoms with Gasteiger partial charge in [0.1, 0.15) is 11.5 Å². The van der Waals surface area contributed by atoms with E-state index in [1.54, 1.807) is 43.3 Å². The number of hydrogen-bond acceptors (Lipinski definition) is 5. The fourth-order valence-corrected chi connectivity index (χ4v) is 3.82. The van der Waals surface area contributed by atoms with Gasteiger partial charge in [-0.1, -0.05) is 70.0 Å². The second-order valence-corrected chi connectivity index (χ2v) is 8.83. The molecule has 0 spiro atoms. The molecule has 0 aliphatic heterocycles. The van der Waals surface area contributed by atoms with Gasteiger partial charge >= 0.3 is 5.97 Å². The Morgan fingerprint density at radius 2 is 1.71 bits per heavy atom. The quantitative estimate of drug-likeness (QED) is 0.136. The molecule has 4 aromatic carbocycles. The number of aryl methyl sites for hydroxylation is 1. The number of halogens is 1. The summed E-state index contributed by atoms with van der Waals surface area (Å²) in [5.74, 6) is 0.0409. The Morgan fingerprint density at radius 1 is 0.943 bits per heavy atom. The van der Waals surface area contributed by atoms with Crippen LogP contribution in [0.4, 0.5) is 0 Å². The molecule has 0 aliphatic rings. The molecule has 35 heavy (non-hydrogen) atoms. The summed E-state index contributed by atoms with van der Waals surface area (Å²) in [7, 11) is 0. The minimum absolute atomic E-state index is 0.317. The molecule has 1 amide bonds. The summed E-state index contributed by atoms with van der Waals surface area (Å²) in [4.78, 5) is 25.2.